The van der Waals surface area contributed by atoms with Crippen molar-refractivity contribution in [2.24, 2.45) is 5.11 Å². The van der Waals surface area contributed by atoms with Gasteiger partial charge in [0.1, 0.15) is 0 Å². The highest BCUT2D eigenvalue weighted by Gasteiger charge is 2.13. The first kappa shape index (κ1) is 15.3. The Morgan fingerprint density at radius 3 is 2.45 bits per heavy atom. The standard InChI is InChI=1S/C16H14N4O2/c1-11(12-6-3-2-4-7-12)18-15(21)13-8-5-9-14(10-13)16(22)19-20-17/h2-11H,1H3,(H,18,21). The molecule has 2 aromatic rings. The lowest BCUT2D eigenvalue weighted by Gasteiger charge is -2.14. The molecule has 6 heteroatoms. The summed E-state index contributed by atoms with van der Waals surface area (Å²) in [5.74, 6) is -1.01. The molecule has 0 aliphatic rings. The summed E-state index contributed by atoms with van der Waals surface area (Å²) in [6, 6.07) is 15.5. The Balaban J connectivity index is 2.14. The fourth-order valence-corrected chi connectivity index (χ4v) is 2.00. The quantitative estimate of drug-likeness (QED) is 0.529. The molecule has 0 heterocycles. The van der Waals surface area contributed by atoms with Crippen molar-refractivity contribution in [1.29, 1.82) is 0 Å². The van der Waals surface area contributed by atoms with Crippen molar-refractivity contribution < 1.29 is 9.59 Å². The van der Waals surface area contributed by atoms with E-state index >= 15 is 0 Å². The number of azide groups is 1. The summed E-state index contributed by atoms with van der Waals surface area (Å²) in [6.45, 7) is 1.88. The molecular weight excluding hydrogens is 280 g/mol. The molecule has 0 spiro atoms. The number of hydrogen-bond acceptors (Lipinski definition) is 2. The second-order valence-electron chi connectivity index (χ2n) is 4.68. The van der Waals surface area contributed by atoms with Crippen molar-refractivity contribution in [3.05, 3.63) is 81.7 Å². The van der Waals surface area contributed by atoms with Gasteiger partial charge in [-0.3, -0.25) is 9.59 Å². The van der Waals surface area contributed by atoms with E-state index in [1.165, 1.54) is 12.1 Å². The zero-order valence-corrected chi connectivity index (χ0v) is 11.9. The molecule has 0 fully saturated rings. The Kier molecular flexibility index (Phi) is 4.90. The molecule has 0 saturated carbocycles. The highest BCUT2D eigenvalue weighted by atomic mass is 16.2. The van der Waals surface area contributed by atoms with Crippen molar-refractivity contribution in [1.82, 2.24) is 5.32 Å². The molecule has 0 aliphatic carbocycles. The van der Waals surface area contributed by atoms with Crippen molar-refractivity contribution in [2.75, 3.05) is 0 Å². The van der Waals surface area contributed by atoms with Crippen LogP contribution >= 0.6 is 0 Å². The minimum Gasteiger partial charge on any atom is -0.346 e. The summed E-state index contributed by atoms with van der Waals surface area (Å²) in [5.41, 5.74) is 9.78. The summed E-state index contributed by atoms with van der Waals surface area (Å²) in [6.07, 6.45) is 0. The van der Waals surface area contributed by atoms with Gasteiger partial charge in [0, 0.05) is 16.0 Å². The zero-order valence-electron chi connectivity index (χ0n) is 11.9. The number of carbonyl (C=O) groups is 2. The zero-order chi connectivity index (χ0) is 15.9. The lowest BCUT2D eigenvalue weighted by atomic mass is 10.1. The van der Waals surface area contributed by atoms with Crippen LogP contribution in [0, 0.1) is 0 Å². The highest BCUT2D eigenvalue weighted by molar-refractivity contribution is 6.00. The van der Waals surface area contributed by atoms with Crippen molar-refractivity contribution in [2.45, 2.75) is 13.0 Å². The third kappa shape index (κ3) is 3.71. The summed E-state index contributed by atoms with van der Waals surface area (Å²) in [4.78, 5) is 26.2. The maximum atomic E-state index is 12.2. The van der Waals surface area contributed by atoms with E-state index in [-0.39, 0.29) is 17.5 Å². The Hall–Kier alpha value is -3.11. The van der Waals surface area contributed by atoms with Crippen molar-refractivity contribution >= 4 is 11.8 Å². The van der Waals surface area contributed by atoms with Crippen molar-refractivity contribution in [3.8, 4) is 0 Å². The van der Waals surface area contributed by atoms with Crippen molar-refractivity contribution in [3.63, 3.8) is 0 Å². The number of benzene rings is 2. The van der Waals surface area contributed by atoms with E-state index in [0.717, 1.165) is 5.56 Å². The van der Waals surface area contributed by atoms with E-state index in [4.69, 9.17) is 5.53 Å². The first-order chi connectivity index (χ1) is 10.6. The molecule has 1 unspecified atom stereocenters. The Labute approximate surface area is 127 Å². The number of hydrogen-bond donors (Lipinski definition) is 1. The number of carbonyl (C=O) groups excluding carboxylic acids is 2. The summed E-state index contributed by atoms with van der Waals surface area (Å²) in [5, 5.41) is 5.87. The maximum Gasteiger partial charge on any atom is 0.251 e. The molecule has 110 valence electrons. The van der Waals surface area contributed by atoms with Crippen LogP contribution in [0.3, 0.4) is 0 Å². The SMILES string of the molecule is CC(NC(=O)c1cccc(C(=O)N=[N+]=[N-])c1)c1ccccc1. The van der Waals surface area contributed by atoms with E-state index in [2.05, 4.69) is 15.3 Å². The lowest BCUT2D eigenvalue weighted by molar-refractivity contribution is 0.0940. The molecule has 0 radical (unpaired) electrons. The second-order valence-corrected chi connectivity index (χ2v) is 4.68. The molecule has 2 rings (SSSR count). The minimum absolute atomic E-state index is 0.162. The average Bonchev–Trinajstić information content (AvgIpc) is 2.56. The van der Waals surface area contributed by atoms with E-state index in [1.807, 2.05) is 37.3 Å². The molecule has 0 aromatic heterocycles. The Morgan fingerprint density at radius 1 is 1.09 bits per heavy atom. The van der Waals surface area contributed by atoms with Crippen LogP contribution in [0.2, 0.25) is 0 Å². The third-order valence-corrected chi connectivity index (χ3v) is 3.15. The fourth-order valence-electron chi connectivity index (χ4n) is 2.00. The predicted octanol–water partition coefficient (Wildman–Crippen LogP) is 3.63. The van der Waals surface area contributed by atoms with Crippen LogP contribution in [0.1, 0.15) is 39.2 Å². The van der Waals surface area contributed by atoms with Gasteiger partial charge in [-0.25, -0.2) is 0 Å². The number of nitrogens with zero attached hydrogens (tertiary/aromatic N) is 3. The smallest absolute Gasteiger partial charge is 0.251 e. The molecule has 22 heavy (non-hydrogen) atoms. The van der Waals surface area contributed by atoms with E-state index < -0.39 is 5.91 Å². The number of amides is 2. The molecule has 1 atom stereocenters. The topological polar surface area (TPSA) is 94.9 Å². The molecular formula is C16H14N4O2. The normalized spacial score (nSPS) is 11.1. The Morgan fingerprint density at radius 2 is 1.77 bits per heavy atom. The van der Waals surface area contributed by atoms with Gasteiger partial charge in [0.15, 0.2) is 0 Å². The number of rotatable bonds is 4. The molecule has 0 aliphatic heterocycles. The molecule has 2 aromatic carbocycles. The van der Waals surface area contributed by atoms with Gasteiger partial charge in [0.2, 0.25) is 5.91 Å². The fraction of sp³-hybridized carbons (Fsp3) is 0.125. The highest BCUT2D eigenvalue weighted by Crippen LogP contribution is 2.13. The van der Waals surface area contributed by atoms with Gasteiger partial charge in [0.25, 0.3) is 5.91 Å². The van der Waals surface area contributed by atoms with Gasteiger partial charge in [0.05, 0.1) is 6.04 Å². The van der Waals surface area contributed by atoms with Crippen LogP contribution in [0.4, 0.5) is 0 Å². The van der Waals surface area contributed by atoms with E-state index in [0.29, 0.717) is 5.56 Å². The molecule has 1 N–H and O–H groups in total. The summed E-state index contributed by atoms with van der Waals surface area (Å²) >= 11 is 0. The average molecular weight is 294 g/mol. The predicted molar refractivity (Wildman–Crippen MR) is 82.2 cm³/mol. The summed E-state index contributed by atoms with van der Waals surface area (Å²) < 4.78 is 0. The molecule has 0 bridgehead atoms. The van der Waals surface area contributed by atoms with Gasteiger partial charge < -0.3 is 5.32 Å². The van der Waals surface area contributed by atoms with E-state index in [1.54, 1.807) is 12.1 Å². The van der Waals surface area contributed by atoms with Gasteiger partial charge in [-0.2, -0.15) is 0 Å². The summed E-state index contributed by atoms with van der Waals surface area (Å²) in [7, 11) is 0. The van der Waals surface area contributed by atoms with Crippen LogP contribution in [0.5, 0.6) is 0 Å². The monoisotopic (exact) mass is 294 g/mol. The van der Waals surface area contributed by atoms with Crippen LogP contribution in [0.25, 0.3) is 10.4 Å². The van der Waals surface area contributed by atoms with Crippen LogP contribution < -0.4 is 5.32 Å². The number of nitrogens with one attached hydrogen (secondary N) is 1. The van der Waals surface area contributed by atoms with Crippen LogP contribution in [-0.4, -0.2) is 11.8 Å². The van der Waals surface area contributed by atoms with Gasteiger partial charge in [-0.1, -0.05) is 42.5 Å². The van der Waals surface area contributed by atoms with Gasteiger partial charge in [-0.15, -0.1) is 0 Å². The second kappa shape index (κ2) is 7.06. The minimum atomic E-state index is -0.715. The van der Waals surface area contributed by atoms with Gasteiger partial charge >= 0.3 is 0 Å². The largest absolute Gasteiger partial charge is 0.346 e. The van der Waals surface area contributed by atoms with Crippen LogP contribution in [0.15, 0.2) is 59.7 Å². The molecule has 0 saturated heterocycles. The Bertz CT molecular complexity index is 737. The maximum absolute atomic E-state index is 12.2. The van der Waals surface area contributed by atoms with E-state index in [9.17, 15) is 9.59 Å². The van der Waals surface area contributed by atoms with Crippen LogP contribution in [-0.2, 0) is 0 Å². The third-order valence-electron chi connectivity index (χ3n) is 3.15. The molecule has 2 amide bonds. The first-order valence-electron chi connectivity index (χ1n) is 6.67. The molecule has 6 nitrogen and oxygen atoms in total. The lowest BCUT2D eigenvalue weighted by Crippen LogP contribution is -2.26. The van der Waals surface area contributed by atoms with Gasteiger partial charge in [-0.05, 0) is 35.3 Å². The first-order valence-corrected chi connectivity index (χ1v) is 6.67.